The van der Waals surface area contributed by atoms with Crippen LogP contribution in [0, 0.1) is 6.92 Å². The number of anilines is 1. The molecule has 4 heteroatoms. The Bertz CT molecular complexity index is 635. The van der Waals surface area contributed by atoms with Gasteiger partial charge >= 0.3 is 0 Å². The van der Waals surface area contributed by atoms with Crippen molar-refractivity contribution in [1.82, 2.24) is 9.88 Å². The smallest absolute Gasteiger partial charge is 0.238 e. The van der Waals surface area contributed by atoms with Gasteiger partial charge in [0.1, 0.15) is 0 Å². The Kier molecular flexibility index (Phi) is 4.35. The summed E-state index contributed by atoms with van der Waals surface area (Å²) < 4.78 is 0. The lowest BCUT2D eigenvalue weighted by Crippen LogP contribution is -2.27. The molecule has 1 N–H and O–H groups in total. The van der Waals surface area contributed by atoms with Gasteiger partial charge in [0.25, 0.3) is 0 Å². The van der Waals surface area contributed by atoms with E-state index in [0.717, 1.165) is 34.3 Å². The van der Waals surface area contributed by atoms with E-state index in [1.54, 1.807) is 0 Å². The number of amides is 1. The van der Waals surface area contributed by atoms with Crippen LogP contribution in [0.3, 0.4) is 0 Å². The number of hydrogen-bond acceptors (Lipinski definition) is 3. The lowest BCUT2D eigenvalue weighted by atomic mass is 10.1. The lowest BCUT2D eigenvalue weighted by molar-refractivity contribution is -0.116. The summed E-state index contributed by atoms with van der Waals surface area (Å²) in [6.07, 6.45) is 0.854. The molecule has 1 amide bonds. The zero-order chi connectivity index (χ0) is 14.7. The predicted molar refractivity (Wildman–Crippen MR) is 83.0 cm³/mol. The molecule has 0 aliphatic heterocycles. The Balaban J connectivity index is 2.49. The van der Waals surface area contributed by atoms with Crippen molar-refractivity contribution in [3.05, 3.63) is 35.5 Å². The number of fused-ring (bicyclic) bond motifs is 1. The summed E-state index contributed by atoms with van der Waals surface area (Å²) in [5, 5.41) is 4.03. The number of nitrogens with one attached hydrogen (secondary N) is 1. The van der Waals surface area contributed by atoms with Gasteiger partial charge in [-0.25, -0.2) is 0 Å². The Hall–Kier alpha value is -1.94. The minimum absolute atomic E-state index is 0.00324. The quantitative estimate of drug-likeness (QED) is 0.929. The second-order valence-corrected chi connectivity index (χ2v) is 5.22. The topological polar surface area (TPSA) is 45.2 Å². The number of benzene rings is 1. The molecular formula is C16H21N3O. The van der Waals surface area contributed by atoms with Crippen molar-refractivity contribution in [2.45, 2.75) is 20.3 Å². The van der Waals surface area contributed by atoms with Crippen molar-refractivity contribution in [1.29, 1.82) is 0 Å². The van der Waals surface area contributed by atoms with Crippen LogP contribution in [0.25, 0.3) is 10.9 Å². The first-order valence-electron chi connectivity index (χ1n) is 6.85. The minimum Gasteiger partial charge on any atom is -0.324 e. The van der Waals surface area contributed by atoms with Crippen molar-refractivity contribution >= 4 is 22.5 Å². The molecule has 0 atom stereocenters. The number of para-hydroxylation sites is 1. The zero-order valence-corrected chi connectivity index (χ0v) is 12.5. The molecule has 0 saturated heterocycles. The fourth-order valence-corrected chi connectivity index (χ4v) is 2.33. The van der Waals surface area contributed by atoms with Crippen LogP contribution in [0.1, 0.15) is 18.2 Å². The van der Waals surface area contributed by atoms with Crippen LogP contribution in [0.5, 0.6) is 0 Å². The number of aromatic nitrogens is 1. The van der Waals surface area contributed by atoms with Gasteiger partial charge in [-0.05, 0) is 39.1 Å². The fourth-order valence-electron chi connectivity index (χ4n) is 2.33. The normalized spacial score (nSPS) is 11.1. The van der Waals surface area contributed by atoms with Crippen molar-refractivity contribution in [2.24, 2.45) is 0 Å². The van der Waals surface area contributed by atoms with E-state index in [4.69, 9.17) is 0 Å². The van der Waals surface area contributed by atoms with Crippen LogP contribution in [0.2, 0.25) is 0 Å². The third kappa shape index (κ3) is 2.96. The summed E-state index contributed by atoms with van der Waals surface area (Å²) in [5.41, 5.74) is 3.90. The SMILES string of the molecule is CCc1nc2ccccc2c(NC(=O)CN(C)C)c1C. The van der Waals surface area contributed by atoms with Gasteiger partial charge in [0.2, 0.25) is 5.91 Å². The van der Waals surface area contributed by atoms with E-state index in [0.29, 0.717) is 6.54 Å². The maximum Gasteiger partial charge on any atom is 0.238 e. The molecule has 0 fully saturated rings. The molecule has 0 aliphatic carbocycles. The third-order valence-electron chi connectivity index (χ3n) is 3.30. The van der Waals surface area contributed by atoms with E-state index < -0.39 is 0 Å². The summed E-state index contributed by atoms with van der Waals surface area (Å²) in [7, 11) is 3.77. The van der Waals surface area contributed by atoms with Crippen molar-refractivity contribution in [3.8, 4) is 0 Å². The highest BCUT2D eigenvalue weighted by molar-refractivity contribution is 6.03. The van der Waals surface area contributed by atoms with Gasteiger partial charge < -0.3 is 10.2 Å². The van der Waals surface area contributed by atoms with E-state index in [1.165, 1.54) is 0 Å². The molecular weight excluding hydrogens is 250 g/mol. The number of pyridine rings is 1. The lowest BCUT2D eigenvalue weighted by Gasteiger charge is -2.16. The van der Waals surface area contributed by atoms with Gasteiger partial charge in [0.15, 0.2) is 0 Å². The minimum atomic E-state index is -0.00324. The van der Waals surface area contributed by atoms with Crippen LogP contribution in [-0.4, -0.2) is 36.4 Å². The van der Waals surface area contributed by atoms with E-state index in [-0.39, 0.29) is 5.91 Å². The molecule has 106 valence electrons. The Morgan fingerprint density at radius 3 is 2.65 bits per heavy atom. The molecule has 0 spiro atoms. The van der Waals surface area contributed by atoms with Gasteiger partial charge in [0.05, 0.1) is 17.7 Å². The summed E-state index contributed by atoms with van der Waals surface area (Å²) >= 11 is 0. The number of carbonyl (C=O) groups excluding carboxylic acids is 1. The van der Waals surface area contributed by atoms with Gasteiger partial charge in [0, 0.05) is 11.1 Å². The van der Waals surface area contributed by atoms with E-state index >= 15 is 0 Å². The van der Waals surface area contributed by atoms with E-state index in [1.807, 2.05) is 50.2 Å². The number of carbonyl (C=O) groups is 1. The molecule has 2 rings (SSSR count). The molecule has 1 aromatic heterocycles. The first kappa shape index (κ1) is 14.5. The molecule has 0 aliphatic rings. The largest absolute Gasteiger partial charge is 0.324 e. The molecule has 0 saturated carbocycles. The molecule has 20 heavy (non-hydrogen) atoms. The first-order chi connectivity index (χ1) is 9.52. The standard InChI is InChI=1S/C16H21N3O/c1-5-13-11(2)16(18-15(20)10-19(3)4)12-8-6-7-9-14(12)17-13/h6-9H,5,10H2,1-4H3,(H,17,18,20). The number of likely N-dealkylation sites (N-methyl/N-ethyl adjacent to an activating group) is 1. The van der Waals surface area contributed by atoms with E-state index in [2.05, 4.69) is 17.2 Å². The first-order valence-corrected chi connectivity index (χ1v) is 6.85. The van der Waals surface area contributed by atoms with Crippen LogP contribution in [0.15, 0.2) is 24.3 Å². The van der Waals surface area contributed by atoms with Crippen LogP contribution in [-0.2, 0) is 11.2 Å². The molecule has 0 unspecified atom stereocenters. The maximum atomic E-state index is 12.0. The van der Waals surface area contributed by atoms with Crippen LogP contribution in [0.4, 0.5) is 5.69 Å². The Morgan fingerprint density at radius 1 is 1.30 bits per heavy atom. The fraction of sp³-hybridized carbons (Fsp3) is 0.375. The monoisotopic (exact) mass is 271 g/mol. The summed E-state index contributed by atoms with van der Waals surface area (Å²) in [4.78, 5) is 18.6. The van der Waals surface area contributed by atoms with Gasteiger partial charge in [-0.2, -0.15) is 0 Å². The average molecular weight is 271 g/mol. The molecule has 0 bridgehead atoms. The summed E-state index contributed by atoms with van der Waals surface area (Å²) in [6.45, 7) is 4.47. The molecule has 1 heterocycles. The number of nitrogens with zero attached hydrogens (tertiary/aromatic N) is 2. The summed E-state index contributed by atoms with van der Waals surface area (Å²) in [5.74, 6) is -0.00324. The van der Waals surface area contributed by atoms with E-state index in [9.17, 15) is 4.79 Å². The molecule has 0 radical (unpaired) electrons. The maximum absolute atomic E-state index is 12.0. The van der Waals surface area contributed by atoms with Gasteiger partial charge in [-0.15, -0.1) is 0 Å². The van der Waals surface area contributed by atoms with Gasteiger partial charge in [-0.1, -0.05) is 25.1 Å². The number of hydrogen-bond donors (Lipinski definition) is 1. The molecule has 2 aromatic rings. The third-order valence-corrected chi connectivity index (χ3v) is 3.30. The molecule has 1 aromatic carbocycles. The number of aryl methyl sites for hydroxylation is 1. The highest BCUT2D eigenvalue weighted by Crippen LogP contribution is 2.28. The van der Waals surface area contributed by atoms with Gasteiger partial charge in [-0.3, -0.25) is 9.78 Å². The molecule has 4 nitrogen and oxygen atoms in total. The Morgan fingerprint density at radius 2 is 2.00 bits per heavy atom. The highest BCUT2D eigenvalue weighted by atomic mass is 16.2. The van der Waals surface area contributed by atoms with Crippen LogP contribution >= 0.6 is 0 Å². The second kappa shape index (κ2) is 6.01. The second-order valence-electron chi connectivity index (χ2n) is 5.22. The van der Waals surface area contributed by atoms with Crippen molar-refractivity contribution in [2.75, 3.05) is 26.0 Å². The summed E-state index contributed by atoms with van der Waals surface area (Å²) in [6, 6.07) is 7.92. The average Bonchev–Trinajstić information content (AvgIpc) is 2.40. The highest BCUT2D eigenvalue weighted by Gasteiger charge is 2.13. The predicted octanol–water partition coefficient (Wildman–Crippen LogP) is 2.61. The van der Waals surface area contributed by atoms with Crippen molar-refractivity contribution in [3.63, 3.8) is 0 Å². The zero-order valence-electron chi connectivity index (χ0n) is 12.5. The number of rotatable bonds is 4. The van der Waals surface area contributed by atoms with Crippen molar-refractivity contribution < 1.29 is 4.79 Å². The Labute approximate surface area is 119 Å². The van der Waals surface area contributed by atoms with Crippen LogP contribution < -0.4 is 5.32 Å².